The van der Waals surface area contributed by atoms with Gasteiger partial charge in [0.15, 0.2) is 0 Å². The number of halogens is 2. The molecule has 118 valence electrons. The van der Waals surface area contributed by atoms with Crippen LogP contribution >= 0.6 is 23.2 Å². The molecule has 2 aromatic carbocycles. The maximum absolute atomic E-state index is 11.7. The molecular weight excluding hydrogens is 337 g/mol. The van der Waals surface area contributed by atoms with Crippen molar-refractivity contribution in [3.63, 3.8) is 0 Å². The molecular formula is C16H13Cl2N3O2. The highest BCUT2D eigenvalue weighted by atomic mass is 35.5. The molecule has 0 aliphatic heterocycles. The monoisotopic (exact) mass is 349 g/mol. The highest BCUT2D eigenvalue weighted by Gasteiger charge is 2.13. The Kier molecular flexibility index (Phi) is 5.73. The van der Waals surface area contributed by atoms with E-state index >= 15 is 0 Å². The molecule has 7 heteroatoms. The zero-order chi connectivity index (χ0) is 16.8. The third kappa shape index (κ3) is 5.09. The smallest absolute Gasteiger partial charge is 0.318 e. The van der Waals surface area contributed by atoms with Gasteiger partial charge in [-0.3, -0.25) is 9.59 Å². The molecule has 0 bridgehead atoms. The SMILES string of the molecule is Cc1ccc(NC(=O)C(=O)N/N=C/c2cccc(Cl)c2)cc1Cl. The Morgan fingerprint density at radius 1 is 1.09 bits per heavy atom. The predicted molar refractivity (Wildman–Crippen MR) is 92.0 cm³/mol. The van der Waals surface area contributed by atoms with Crippen LogP contribution in [-0.2, 0) is 9.59 Å². The molecule has 0 aliphatic rings. The Labute approximate surface area is 143 Å². The lowest BCUT2D eigenvalue weighted by molar-refractivity contribution is -0.136. The average molecular weight is 350 g/mol. The van der Waals surface area contributed by atoms with E-state index in [0.29, 0.717) is 21.3 Å². The summed E-state index contributed by atoms with van der Waals surface area (Å²) in [6.07, 6.45) is 1.39. The van der Waals surface area contributed by atoms with E-state index in [2.05, 4.69) is 15.8 Å². The molecule has 0 radical (unpaired) electrons. The predicted octanol–water partition coefficient (Wildman–Crippen LogP) is 3.39. The normalized spacial score (nSPS) is 10.6. The van der Waals surface area contributed by atoms with Crippen molar-refractivity contribution in [2.75, 3.05) is 5.32 Å². The fraction of sp³-hybridized carbons (Fsp3) is 0.0625. The van der Waals surface area contributed by atoms with E-state index in [1.165, 1.54) is 6.21 Å². The van der Waals surface area contributed by atoms with Gasteiger partial charge in [0, 0.05) is 15.7 Å². The van der Waals surface area contributed by atoms with Crippen molar-refractivity contribution >= 4 is 46.9 Å². The number of nitrogens with zero attached hydrogens (tertiary/aromatic N) is 1. The van der Waals surface area contributed by atoms with Gasteiger partial charge in [0.2, 0.25) is 0 Å². The molecule has 0 aromatic heterocycles. The second-order valence-electron chi connectivity index (χ2n) is 4.67. The standard InChI is InChI=1S/C16H13Cl2N3O2/c1-10-5-6-13(8-14(10)18)20-15(22)16(23)21-19-9-11-3-2-4-12(17)7-11/h2-9H,1H3,(H,20,22)(H,21,23)/b19-9+. The summed E-state index contributed by atoms with van der Waals surface area (Å²) in [4.78, 5) is 23.4. The Morgan fingerprint density at radius 2 is 1.87 bits per heavy atom. The number of nitrogens with one attached hydrogen (secondary N) is 2. The number of carbonyl (C=O) groups is 2. The number of hydrogen-bond donors (Lipinski definition) is 2. The molecule has 5 nitrogen and oxygen atoms in total. The quantitative estimate of drug-likeness (QED) is 0.506. The molecule has 0 saturated heterocycles. The highest BCUT2D eigenvalue weighted by Crippen LogP contribution is 2.19. The van der Waals surface area contributed by atoms with Gasteiger partial charge in [0.25, 0.3) is 0 Å². The minimum Gasteiger partial charge on any atom is -0.318 e. The van der Waals surface area contributed by atoms with Crippen molar-refractivity contribution in [2.45, 2.75) is 6.92 Å². The van der Waals surface area contributed by atoms with E-state index in [0.717, 1.165) is 5.56 Å². The van der Waals surface area contributed by atoms with Crippen molar-refractivity contribution in [3.05, 3.63) is 63.6 Å². The number of benzene rings is 2. The fourth-order valence-electron chi connectivity index (χ4n) is 1.66. The Morgan fingerprint density at radius 3 is 2.57 bits per heavy atom. The Balaban J connectivity index is 1.92. The lowest BCUT2D eigenvalue weighted by atomic mass is 10.2. The summed E-state index contributed by atoms with van der Waals surface area (Å²) in [5, 5.41) is 7.20. The lowest BCUT2D eigenvalue weighted by Crippen LogP contribution is -2.32. The summed E-state index contributed by atoms with van der Waals surface area (Å²) in [5.74, 6) is -1.73. The van der Waals surface area contributed by atoms with E-state index in [4.69, 9.17) is 23.2 Å². The van der Waals surface area contributed by atoms with Gasteiger partial charge in [-0.1, -0.05) is 41.4 Å². The van der Waals surface area contributed by atoms with Crippen molar-refractivity contribution in [1.82, 2.24) is 5.43 Å². The van der Waals surface area contributed by atoms with Gasteiger partial charge in [0.05, 0.1) is 6.21 Å². The first-order valence-electron chi connectivity index (χ1n) is 6.62. The molecule has 0 saturated carbocycles. The minimum absolute atomic E-state index is 0.430. The second-order valence-corrected chi connectivity index (χ2v) is 5.52. The molecule has 0 atom stereocenters. The number of hydrogen-bond acceptors (Lipinski definition) is 3. The second kappa shape index (κ2) is 7.76. The average Bonchev–Trinajstić information content (AvgIpc) is 2.51. The zero-order valence-corrected chi connectivity index (χ0v) is 13.7. The van der Waals surface area contributed by atoms with Gasteiger partial charge in [-0.05, 0) is 42.3 Å². The molecule has 23 heavy (non-hydrogen) atoms. The Bertz CT molecular complexity index is 776. The third-order valence-electron chi connectivity index (χ3n) is 2.86. The number of anilines is 1. The van der Waals surface area contributed by atoms with Crippen LogP contribution in [-0.4, -0.2) is 18.0 Å². The van der Waals surface area contributed by atoms with E-state index in [1.807, 2.05) is 6.92 Å². The van der Waals surface area contributed by atoms with Crippen LogP contribution in [0.4, 0.5) is 5.69 Å². The number of carbonyl (C=O) groups excluding carboxylic acids is 2. The first-order valence-corrected chi connectivity index (χ1v) is 7.37. The summed E-state index contributed by atoms with van der Waals surface area (Å²) >= 11 is 11.8. The van der Waals surface area contributed by atoms with Crippen LogP contribution in [0.2, 0.25) is 10.0 Å². The number of amides is 2. The van der Waals surface area contributed by atoms with Gasteiger partial charge < -0.3 is 5.32 Å². The summed E-state index contributed by atoms with van der Waals surface area (Å²) in [5.41, 5.74) is 4.14. The minimum atomic E-state index is -0.889. The first kappa shape index (κ1) is 17.0. The summed E-state index contributed by atoms with van der Waals surface area (Å²) in [6, 6.07) is 11.9. The topological polar surface area (TPSA) is 70.6 Å². The largest absolute Gasteiger partial charge is 0.329 e. The van der Waals surface area contributed by atoms with Crippen LogP contribution in [0.5, 0.6) is 0 Å². The summed E-state index contributed by atoms with van der Waals surface area (Å²) in [7, 11) is 0. The van der Waals surface area contributed by atoms with E-state index in [9.17, 15) is 9.59 Å². The molecule has 2 aromatic rings. The number of hydrazone groups is 1. The van der Waals surface area contributed by atoms with Gasteiger partial charge >= 0.3 is 11.8 Å². The van der Waals surface area contributed by atoms with Crippen LogP contribution in [0, 0.1) is 6.92 Å². The van der Waals surface area contributed by atoms with Crippen molar-refractivity contribution in [1.29, 1.82) is 0 Å². The molecule has 0 unspecified atom stereocenters. The van der Waals surface area contributed by atoms with Gasteiger partial charge in [-0.15, -0.1) is 0 Å². The molecule has 2 N–H and O–H groups in total. The van der Waals surface area contributed by atoms with E-state index in [-0.39, 0.29) is 0 Å². The lowest BCUT2D eigenvalue weighted by Gasteiger charge is -2.05. The molecule has 0 heterocycles. The molecule has 0 aliphatic carbocycles. The summed E-state index contributed by atoms with van der Waals surface area (Å²) in [6.45, 7) is 1.84. The van der Waals surface area contributed by atoms with Gasteiger partial charge in [-0.25, -0.2) is 5.43 Å². The molecule has 0 spiro atoms. The maximum atomic E-state index is 11.7. The third-order valence-corrected chi connectivity index (χ3v) is 3.51. The van der Waals surface area contributed by atoms with Crippen LogP contribution in [0.3, 0.4) is 0 Å². The Hall–Kier alpha value is -2.37. The van der Waals surface area contributed by atoms with Crippen molar-refractivity contribution in [2.24, 2.45) is 5.10 Å². The van der Waals surface area contributed by atoms with Gasteiger partial charge in [-0.2, -0.15) is 5.10 Å². The number of rotatable bonds is 3. The van der Waals surface area contributed by atoms with Crippen molar-refractivity contribution < 1.29 is 9.59 Å². The van der Waals surface area contributed by atoms with E-state index < -0.39 is 11.8 Å². The zero-order valence-electron chi connectivity index (χ0n) is 12.1. The van der Waals surface area contributed by atoms with Crippen LogP contribution < -0.4 is 10.7 Å². The van der Waals surface area contributed by atoms with Crippen molar-refractivity contribution in [3.8, 4) is 0 Å². The molecule has 0 fully saturated rings. The molecule has 2 amide bonds. The van der Waals surface area contributed by atoms with E-state index in [1.54, 1.807) is 42.5 Å². The van der Waals surface area contributed by atoms with Crippen LogP contribution in [0.1, 0.15) is 11.1 Å². The van der Waals surface area contributed by atoms with Gasteiger partial charge in [0.1, 0.15) is 0 Å². The van der Waals surface area contributed by atoms with Crippen LogP contribution in [0.15, 0.2) is 47.6 Å². The first-order chi connectivity index (χ1) is 11.0. The fourth-order valence-corrected chi connectivity index (χ4v) is 2.04. The maximum Gasteiger partial charge on any atom is 0.329 e. The molecule has 2 rings (SSSR count). The number of aryl methyl sites for hydroxylation is 1. The van der Waals surface area contributed by atoms with Crippen LogP contribution in [0.25, 0.3) is 0 Å². The summed E-state index contributed by atoms with van der Waals surface area (Å²) < 4.78 is 0. The highest BCUT2D eigenvalue weighted by molar-refractivity contribution is 6.40.